The fraction of sp³-hybridized carbons (Fsp3) is 0.0952. The van der Waals surface area contributed by atoms with Crippen molar-refractivity contribution in [2.45, 2.75) is 12.1 Å². The van der Waals surface area contributed by atoms with Gasteiger partial charge in [0.25, 0.3) is 11.2 Å². The Kier molecular flexibility index (Phi) is 5.55. The second-order valence-electron chi connectivity index (χ2n) is 7.17. The summed E-state index contributed by atoms with van der Waals surface area (Å²) < 4.78 is 1.34. The molecule has 0 saturated heterocycles. The normalized spacial score (nSPS) is 11.2. The van der Waals surface area contributed by atoms with Crippen molar-refractivity contribution in [1.29, 1.82) is 0 Å². The summed E-state index contributed by atoms with van der Waals surface area (Å²) in [4.78, 5) is 44.3. The lowest BCUT2D eigenvalue weighted by molar-refractivity contribution is -0.384. The Morgan fingerprint density at radius 3 is 2.68 bits per heavy atom. The van der Waals surface area contributed by atoms with E-state index in [-0.39, 0.29) is 28.1 Å². The zero-order valence-corrected chi connectivity index (χ0v) is 19.1. The van der Waals surface area contributed by atoms with Gasteiger partial charge in [0.1, 0.15) is 16.0 Å². The molecule has 0 atom stereocenters. The molecule has 0 radical (unpaired) electrons. The van der Waals surface area contributed by atoms with Gasteiger partial charge in [-0.25, -0.2) is 4.98 Å². The molecule has 3 aromatic heterocycles. The van der Waals surface area contributed by atoms with Gasteiger partial charge in [-0.3, -0.25) is 29.6 Å². The Hall–Kier alpha value is -4.10. The van der Waals surface area contributed by atoms with Gasteiger partial charge in [-0.15, -0.1) is 10.2 Å². The van der Waals surface area contributed by atoms with Gasteiger partial charge in [0.05, 0.1) is 16.4 Å². The van der Waals surface area contributed by atoms with Crippen LogP contribution >= 0.6 is 23.1 Å². The number of hydrogen-bond donors (Lipinski definition) is 2. The minimum atomic E-state index is -0.513. The molecule has 3 heterocycles. The highest BCUT2D eigenvalue weighted by atomic mass is 32.2. The highest BCUT2D eigenvalue weighted by molar-refractivity contribution is 7.99. The maximum Gasteiger partial charge on any atom is 0.283 e. The first-order valence-electron chi connectivity index (χ1n) is 9.92. The number of aromatic nitrogens is 5. The molecule has 2 aromatic carbocycles. The van der Waals surface area contributed by atoms with Crippen molar-refractivity contribution in [3.8, 4) is 5.69 Å². The summed E-state index contributed by atoms with van der Waals surface area (Å²) in [7, 11) is 0. The Labute approximate surface area is 199 Å². The van der Waals surface area contributed by atoms with Gasteiger partial charge in [-0.1, -0.05) is 41.3 Å². The minimum absolute atomic E-state index is 0.0358. The fourth-order valence-corrected chi connectivity index (χ4v) is 4.84. The van der Waals surface area contributed by atoms with E-state index in [9.17, 15) is 19.7 Å². The van der Waals surface area contributed by atoms with Crippen LogP contribution in [0.1, 0.15) is 5.01 Å². The third-order valence-electron chi connectivity index (χ3n) is 4.92. The lowest BCUT2D eigenvalue weighted by atomic mass is 10.2. The zero-order chi connectivity index (χ0) is 23.8. The van der Waals surface area contributed by atoms with Crippen LogP contribution in [-0.4, -0.2) is 41.3 Å². The average Bonchev–Trinajstić information content (AvgIpc) is 3.41. The highest BCUT2D eigenvalue weighted by Crippen LogP contribution is 2.27. The van der Waals surface area contributed by atoms with E-state index in [1.54, 1.807) is 6.92 Å². The van der Waals surface area contributed by atoms with Gasteiger partial charge in [-0.05, 0) is 25.1 Å². The first-order chi connectivity index (χ1) is 16.4. The van der Waals surface area contributed by atoms with Crippen LogP contribution in [0, 0.1) is 17.0 Å². The standard InChI is InChI=1S/C21H15N7O4S2/c1-11-25-26-20(34-11)23-16(29)10-33-21-24-17-14-4-2-3-5-15(14)22-18(17)19(30)27(21)12-6-8-13(9-7-12)28(31)32/h2-9,22H,10H2,1H3,(H,23,26,29). The van der Waals surface area contributed by atoms with Crippen LogP contribution in [0.3, 0.4) is 0 Å². The van der Waals surface area contributed by atoms with Crippen molar-refractivity contribution in [2.24, 2.45) is 0 Å². The monoisotopic (exact) mass is 493 g/mol. The van der Waals surface area contributed by atoms with Crippen LogP contribution in [0.25, 0.3) is 27.6 Å². The first-order valence-corrected chi connectivity index (χ1v) is 11.7. The van der Waals surface area contributed by atoms with E-state index in [2.05, 4.69) is 20.5 Å². The molecule has 170 valence electrons. The van der Waals surface area contributed by atoms with E-state index in [0.29, 0.717) is 21.9 Å². The number of aryl methyl sites for hydroxylation is 1. The lowest BCUT2D eigenvalue weighted by Gasteiger charge is -2.12. The highest BCUT2D eigenvalue weighted by Gasteiger charge is 2.19. The Morgan fingerprint density at radius 1 is 1.21 bits per heavy atom. The van der Waals surface area contributed by atoms with E-state index in [4.69, 9.17) is 4.98 Å². The Balaban J connectivity index is 1.58. The number of fused-ring (bicyclic) bond motifs is 3. The quantitative estimate of drug-likeness (QED) is 0.157. The van der Waals surface area contributed by atoms with Crippen LogP contribution in [0.15, 0.2) is 58.5 Å². The summed E-state index contributed by atoms with van der Waals surface area (Å²) in [5.74, 6) is -0.365. The third-order valence-corrected chi connectivity index (χ3v) is 6.61. The summed E-state index contributed by atoms with van der Waals surface area (Å²) in [6, 6.07) is 13.0. The molecule has 0 aliphatic rings. The number of anilines is 1. The number of carbonyl (C=O) groups is 1. The number of aromatic amines is 1. The molecule has 0 fully saturated rings. The number of nitro groups is 1. The van der Waals surface area contributed by atoms with E-state index in [1.807, 2.05) is 24.3 Å². The van der Waals surface area contributed by atoms with Crippen LogP contribution in [-0.2, 0) is 4.79 Å². The first kappa shape index (κ1) is 21.7. The van der Waals surface area contributed by atoms with Gasteiger partial charge >= 0.3 is 0 Å². The van der Waals surface area contributed by atoms with Gasteiger partial charge in [0.2, 0.25) is 11.0 Å². The number of rotatable bonds is 6. The average molecular weight is 494 g/mol. The van der Waals surface area contributed by atoms with Gasteiger partial charge in [0.15, 0.2) is 5.16 Å². The fourth-order valence-electron chi connectivity index (χ4n) is 3.42. The SMILES string of the molecule is Cc1nnc(NC(=O)CSc2nc3c([nH]c4ccccc43)c(=O)n2-c2ccc([N+](=O)[O-])cc2)s1. The number of amides is 1. The summed E-state index contributed by atoms with van der Waals surface area (Å²) >= 11 is 2.33. The topological polar surface area (TPSA) is 149 Å². The van der Waals surface area contributed by atoms with Gasteiger partial charge in [0, 0.05) is 23.0 Å². The largest absolute Gasteiger partial charge is 0.349 e. The summed E-state index contributed by atoms with van der Waals surface area (Å²) in [6.07, 6.45) is 0. The predicted molar refractivity (Wildman–Crippen MR) is 130 cm³/mol. The van der Waals surface area contributed by atoms with Gasteiger partial charge < -0.3 is 4.98 Å². The van der Waals surface area contributed by atoms with Crippen LogP contribution in [0.2, 0.25) is 0 Å². The zero-order valence-electron chi connectivity index (χ0n) is 17.5. The number of carbonyl (C=O) groups excluding carboxylic acids is 1. The number of nitrogens with one attached hydrogen (secondary N) is 2. The smallest absolute Gasteiger partial charge is 0.283 e. The molecular weight excluding hydrogens is 478 g/mol. The second kappa shape index (κ2) is 8.68. The number of para-hydroxylation sites is 1. The molecular formula is C21H15N7O4S2. The minimum Gasteiger partial charge on any atom is -0.349 e. The summed E-state index contributed by atoms with van der Waals surface area (Å²) in [6.45, 7) is 1.78. The molecule has 0 saturated carbocycles. The number of hydrogen-bond acceptors (Lipinski definition) is 9. The number of nitrogens with zero attached hydrogens (tertiary/aromatic N) is 5. The van der Waals surface area contributed by atoms with Crippen LogP contribution in [0.4, 0.5) is 10.8 Å². The molecule has 5 aromatic rings. The van der Waals surface area contributed by atoms with E-state index < -0.39 is 4.92 Å². The molecule has 34 heavy (non-hydrogen) atoms. The molecule has 13 heteroatoms. The Morgan fingerprint density at radius 2 is 1.97 bits per heavy atom. The van der Waals surface area contributed by atoms with Crippen molar-refractivity contribution < 1.29 is 9.72 Å². The lowest BCUT2D eigenvalue weighted by Crippen LogP contribution is -2.23. The maximum absolute atomic E-state index is 13.5. The molecule has 0 bridgehead atoms. The van der Waals surface area contributed by atoms with Crippen molar-refractivity contribution in [3.05, 3.63) is 74.0 Å². The number of H-pyrrole nitrogens is 1. The molecule has 1 amide bonds. The number of benzene rings is 2. The van der Waals surface area contributed by atoms with E-state index in [1.165, 1.54) is 40.2 Å². The molecule has 0 aliphatic carbocycles. The molecule has 2 N–H and O–H groups in total. The van der Waals surface area contributed by atoms with Gasteiger partial charge in [-0.2, -0.15) is 0 Å². The van der Waals surface area contributed by atoms with E-state index >= 15 is 0 Å². The molecule has 5 rings (SSSR count). The van der Waals surface area contributed by atoms with Crippen molar-refractivity contribution >= 4 is 61.8 Å². The van der Waals surface area contributed by atoms with E-state index in [0.717, 1.165) is 27.7 Å². The molecule has 0 spiro atoms. The molecule has 0 unspecified atom stereocenters. The van der Waals surface area contributed by atoms with Crippen LogP contribution in [0.5, 0.6) is 0 Å². The van der Waals surface area contributed by atoms with Crippen molar-refractivity contribution in [1.82, 2.24) is 24.7 Å². The third kappa shape index (κ3) is 4.02. The molecule has 0 aliphatic heterocycles. The number of non-ortho nitro benzene ring substituents is 1. The van der Waals surface area contributed by atoms with Crippen molar-refractivity contribution in [3.63, 3.8) is 0 Å². The number of nitro benzene ring substituents is 1. The predicted octanol–water partition coefficient (Wildman–Crippen LogP) is 3.67. The number of thioether (sulfide) groups is 1. The Bertz CT molecular complexity index is 1620. The van der Waals surface area contributed by atoms with Crippen LogP contribution < -0.4 is 10.9 Å². The summed E-state index contributed by atoms with van der Waals surface area (Å²) in [5, 5.41) is 23.6. The van der Waals surface area contributed by atoms with Crippen molar-refractivity contribution in [2.75, 3.05) is 11.1 Å². The summed E-state index contributed by atoms with van der Waals surface area (Å²) in [5.41, 5.74) is 1.46. The molecule has 11 nitrogen and oxygen atoms in total. The maximum atomic E-state index is 13.5. The second-order valence-corrected chi connectivity index (χ2v) is 9.29.